The molecule has 2 rings (SSSR count). The van der Waals surface area contributed by atoms with E-state index in [0.29, 0.717) is 16.6 Å². The minimum atomic E-state index is 0.141. The molecule has 0 radical (unpaired) electrons. The van der Waals surface area contributed by atoms with Gasteiger partial charge in [0.25, 0.3) is 0 Å². The van der Waals surface area contributed by atoms with Crippen LogP contribution >= 0.6 is 23.2 Å². The molecule has 0 fully saturated rings. The van der Waals surface area contributed by atoms with E-state index >= 15 is 0 Å². The first-order valence-electron chi connectivity index (χ1n) is 6.29. The van der Waals surface area contributed by atoms with Crippen LogP contribution in [0.25, 0.3) is 0 Å². The Labute approximate surface area is 123 Å². The van der Waals surface area contributed by atoms with Gasteiger partial charge in [-0.25, -0.2) is 4.98 Å². The molecule has 1 aromatic heterocycles. The lowest BCUT2D eigenvalue weighted by Crippen LogP contribution is -2.23. The number of nitrogens with zero attached hydrogens (tertiary/aromatic N) is 2. The van der Waals surface area contributed by atoms with Crippen LogP contribution in [0.4, 0.5) is 0 Å². The molecule has 1 aromatic carbocycles. The number of aromatic nitrogens is 2. The molecular weight excluding hydrogens is 281 g/mol. The number of hydrogen-bond donors (Lipinski definition) is 1. The van der Waals surface area contributed by atoms with Gasteiger partial charge in [-0.05, 0) is 24.1 Å². The van der Waals surface area contributed by atoms with Gasteiger partial charge in [0.15, 0.2) is 0 Å². The summed E-state index contributed by atoms with van der Waals surface area (Å²) in [4.78, 5) is 4.36. The largest absolute Gasteiger partial charge is 0.330 e. The first-order chi connectivity index (χ1) is 9.10. The molecule has 0 bridgehead atoms. The van der Waals surface area contributed by atoms with E-state index in [1.807, 2.05) is 18.3 Å². The summed E-state index contributed by atoms with van der Waals surface area (Å²) >= 11 is 12.1. The fourth-order valence-corrected chi connectivity index (χ4v) is 2.35. The Morgan fingerprint density at radius 2 is 2.16 bits per heavy atom. The van der Waals surface area contributed by atoms with E-state index < -0.39 is 0 Å². The highest BCUT2D eigenvalue weighted by Crippen LogP contribution is 2.22. The predicted octanol–water partition coefficient (Wildman–Crippen LogP) is 3.52. The van der Waals surface area contributed by atoms with Crippen LogP contribution in [-0.4, -0.2) is 15.6 Å². The van der Waals surface area contributed by atoms with E-state index in [-0.39, 0.29) is 6.04 Å². The van der Waals surface area contributed by atoms with E-state index in [4.69, 9.17) is 28.9 Å². The molecule has 1 heterocycles. The fourth-order valence-electron chi connectivity index (χ4n) is 1.89. The van der Waals surface area contributed by atoms with Crippen molar-refractivity contribution in [2.75, 3.05) is 0 Å². The Morgan fingerprint density at radius 1 is 1.37 bits per heavy atom. The molecule has 0 saturated heterocycles. The van der Waals surface area contributed by atoms with Crippen LogP contribution in [-0.2, 0) is 13.0 Å². The van der Waals surface area contributed by atoms with Crippen molar-refractivity contribution in [3.63, 3.8) is 0 Å². The Bertz CT molecular complexity index is 551. The van der Waals surface area contributed by atoms with E-state index in [0.717, 1.165) is 24.2 Å². The predicted molar refractivity (Wildman–Crippen MR) is 79.8 cm³/mol. The standard InChI is InChI=1S/C14H17Cl2N3/c1-2-12(17)8-14-18-5-6-19(14)9-10-3-4-11(15)7-13(10)16/h3-7,12H,2,8-9,17H2,1H3. The average Bonchev–Trinajstić information content (AvgIpc) is 2.80. The van der Waals surface area contributed by atoms with Gasteiger partial charge in [-0.3, -0.25) is 0 Å². The fraction of sp³-hybridized carbons (Fsp3) is 0.357. The molecular formula is C14H17Cl2N3. The number of rotatable bonds is 5. The molecule has 1 unspecified atom stereocenters. The monoisotopic (exact) mass is 297 g/mol. The van der Waals surface area contributed by atoms with Crippen molar-refractivity contribution < 1.29 is 0 Å². The summed E-state index contributed by atoms with van der Waals surface area (Å²) in [5.74, 6) is 0.986. The molecule has 0 aliphatic heterocycles. The van der Waals surface area contributed by atoms with E-state index in [1.54, 1.807) is 12.3 Å². The molecule has 0 aliphatic rings. The van der Waals surface area contributed by atoms with Crippen molar-refractivity contribution in [2.24, 2.45) is 5.73 Å². The van der Waals surface area contributed by atoms with E-state index in [1.165, 1.54) is 0 Å². The molecule has 102 valence electrons. The highest BCUT2D eigenvalue weighted by Gasteiger charge is 2.09. The van der Waals surface area contributed by atoms with Crippen LogP contribution in [0.2, 0.25) is 10.0 Å². The van der Waals surface area contributed by atoms with Gasteiger partial charge in [-0.15, -0.1) is 0 Å². The summed E-state index contributed by atoms with van der Waals surface area (Å²) in [6, 6.07) is 5.68. The summed E-state index contributed by atoms with van der Waals surface area (Å²) < 4.78 is 2.07. The van der Waals surface area contributed by atoms with E-state index in [2.05, 4.69) is 16.5 Å². The maximum absolute atomic E-state index is 6.19. The molecule has 0 aliphatic carbocycles. The Balaban J connectivity index is 2.17. The lowest BCUT2D eigenvalue weighted by Gasteiger charge is -2.12. The second kappa shape index (κ2) is 6.42. The minimum absolute atomic E-state index is 0.141. The van der Waals surface area contributed by atoms with Crippen molar-refractivity contribution in [1.82, 2.24) is 9.55 Å². The maximum atomic E-state index is 6.19. The number of halogens is 2. The zero-order valence-electron chi connectivity index (χ0n) is 10.8. The van der Waals surface area contributed by atoms with Crippen LogP contribution < -0.4 is 5.73 Å². The molecule has 2 N–H and O–H groups in total. The summed E-state index contributed by atoms with van der Waals surface area (Å²) in [5, 5.41) is 1.32. The molecule has 0 saturated carbocycles. The molecule has 5 heteroatoms. The van der Waals surface area contributed by atoms with Crippen molar-refractivity contribution in [2.45, 2.75) is 32.4 Å². The van der Waals surface area contributed by atoms with Gasteiger partial charge in [0, 0.05) is 34.9 Å². The normalized spacial score (nSPS) is 12.6. The van der Waals surface area contributed by atoms with E-state index in [9.17, 15) is 0 Å². The van der Waals surface area contributed by atoms with Crippen LogP contribution in [0.5, 0.6) is 0 Å². The summed E-state index contributed by atoms with van der Waals surface area (Å²) in [6.45, 7) is 2.76. The Hall–Kier alpha value is -1.03. The maximum Gasteiger partial charge on any atom is 0.110 e. The van der Waals surface area contributed by atoms with Crippen molar-refractivity contribution >= 4 is 23.2 Å². The third kappa shape index (κ3) is 3.72. The zero-order valence-corrected chi connectivity index (χ0v) is 12.3. The van der Waals surface area contributed by atoms with Crippen LogP contribution in [0.3, 0.4) is 0 Å². The molecule has 0 amide bonds. The van der Waals surface area contributed by atoms with Gasteiger partial charge in [0.2, 0.25) is 0 Å². The first kappa shape index (κ1) is 14.4. The lowest BCUT2D eigenvalue weighted by atomic mass is 10.1. The van der Waals surface area contributed by atoms with Gasteiger partial charge in [-0.2, -0.15) is 0 Å². The van der Waals surface area contributed by atoms with Crippen LogP contribution in [0.15, 0.2) is 30.6 Å². The Morgan fingerprint density at radius 3 is 2.84 bits per heavy atom. The topological polar surface area (TPSA) is 43.8 Å². The van der Waals surface area contributed by atoms with Gasteiger partial charge < -0.3 is 10.3 Å². The highest BCUT2D eigenvalue weighted by atomic mass is 35.5. The van der Waals surface area contributed by atoms with Gasteiger partial charge >= 0.3 is 0 Å². The van der Waals surface area contributed by atoms with Crippen LogP contribution in [0, 0.1) is 0 Å². The number of benzene rings is 1. The second-order valence-electron chi connectivity index (χ2n) is 4.58. The van der Waals surface area contributed by atoms with Gasteiger partial charge in [0.05, 0.1) is 6.54 Å². The quantitative estimate of drug-likeness (QED) is 0.918. The third-order valence-electron chi connectivity index (χ3n) is 3.13. The van der Waals surface area contributed by atoms with Gasteiger partial charge in [-0.1, -0.05) is 36.2 Å². The van der Waals surface area contributed by atoms with Crippen molar-refractivity contribution in [3.05, 3.63) is 52.0 Å². The first-order valence-corrected chi connectivity index (χ1v) is 7.05. The third-order valence-corrected chi connectivity index (χ3v) is 3.71. The number of nitrogens with two attached hydrogens (primary N) is 1. The summed E-state index contributed by atoms with van der Waals surface area (Å²) in [6.07, 6.45) is 5.45. The SMILES string of the molecule is CCC(N)Cc1nccn1Cc1ccc(Cl)cc1Cl. The highest BCUT2D eigenvalue weighted by molar-refractivity contribution is 6.35. The molecule has 1 atom stereocenters. The second-order valence-corrected chi connectivity index (χ2v) is 5.42. The Kier molecular flexibility index (Phi) is 4.86. The summed E-state index contributed by atoms with van der Waals surface area (Å²) in [7, 11) is 0. The molecule has 3 nitrogen and oxygen atoms in total. The van der Waals surface area contributed by atoms with Gasteiger partial charge in [0.1, 0.15) is 5.82 Å². The van der Waals surface area contributed by atoms with Crippen molar-refractivity contribution in [1.29, 1.82) is 0 Å². The number of imidazole rings is 1. The van der Waals surface area contributed by atoms with Crippen LogP contribution in [0.1, 0.15) is 24.7 Å². The number of hydrogen-bond acceptors (Lipinski definition) is 2. The molecule has 0 spiro atoms. The average molecular weight is 298 g/mol. The smallest absolute Gasteiger partial charge is 0.110 e. The zero-order chi connectivity index (χ0) is 13.8. The van der Waals surface area contributed by atoms with Crippen molar-refractivity contribution in [3.8, 4) is 0 Å². The molecule has 2 aromatic rings. The summed E-state index contributed by atoms with van der Waals surface area (Å²) in [5.41, 5.74) is 7.00. The lowest BCUT2D eigenvalue weighted by molar-refractivity contribution is 0.597. The molecule has 19 heavy (non-hydrogen) atoms. The minimum Gasteiger partial charge on any atom is -0.330 e.